The monoisotopic (exact) mass is 286 g/mol. The van der Waals surface area contributed by atoms with Crippen LogP contribution in [0.25, 0.3) is 5.69 Å². The first-order valence-corrected chi connectivity index (χ1v) is 7.16. The fraction of sp³-hybridized carbons (Fsp3) is 0.438. The van der Waals surface area contributed by atoms with Gasteiger partial charge in [0.1, 0.15) is 0 Å². The molecule has 112 valence electrons. The molecule has 0 aliphatic carbocycles. The van der Waals surface area contributed by atoms with Crippen molar-refractivity contribution in [2.45, 2.75) is 46.6 Å². The van der Waals surface area contributed by atoms with E-state index in [-0.39, 0.29) is 11.4 Å². The van der Waals surface area contributed by atoms with Crippen LogP contribution in [0.4, 0.5) is 0 Å². The summed E-state index contributed by atoms with van der Waals surface area (Å²) in [6.07, 6.45) is 0.851. The van der Waals surface area contributed by atoms with E-state index in [0.717, 1.165) is 17.8 Å². The molecule has 1 aromatic carbocycles. The zero-order chi connectivity index (χ0) is 15.6. The van der Waals surface area contributed by atoms with Gasteiger partial charge in [-0.15, -0.1) is 5.10 Å². The number of hydrogen-bond donors (Lipinski definition) is 1. The third-order valence-corrected chi connectivity index (χ3v) is 3.72. The van der Waals surface area contributed by atoms with Crippen LogP contribution in [0.15, 0.2) is 24.3 Å². The van der Waals surface area contributed by atoms with E-state index in [2.05, 4.69) is 15.6 Å². The Balaban J connectivity index is 2.28. The van der Waals surface area contributed by atoms with E-state index < -0.39 is 0 Å². The second kappa shape index (κ2) is 5.68. The van der Waals surface area contributed by atoms with Crippen LogP contribution in [0.2, 0.25) is 0 Å². The average Bonchev–Trinajstić information content (AvgIpc) is 2.81. The molecule has 5 nitrogen and oxygen atoms in total. The SMILES string of the molecule is CCC(C)(C)NC(=O)c1nnn(-c2ccc(C)cc2)c1C. The Morgan fingerprint density at radius 3 is 2.43 bits per heavy atom. The maximum atomic E-state index is 12.3. The van der Waals surface area contributed by atoms with E-state index in [1.807, 2.05) is 58.9 Å². The molecule has 0 atom stereocenters. The molecule has 0 bridgehead atoms. The normalized spacial score (nSPS) is 11.5. The molecule has 2 aromatic rings. The van der Waals surface area contributed by atoms with Crippen molar-refractivity contribution in [2.24, 2.45) is 0 Å². The van der Waals surface area contributed by atoms with Crippen LogP contribution in [0.3, 0.4) is 0 Å². The number of hydrogen-bond acceptors (Lipinski definition) is 3. The molecule has 0 saturated heterocycles. The number of nitrogens with one attached hydrogen (secondary N) is 1. The molecule has 0 fully saturated rings. The van der Waals surface area contributed by atoms with Crippen LogP contribution in [0, 0.1) is 13.8 Å². The summed E-state index contributed by atoms with van der Waals surface area (Å²) < 4.78 is 1.69. The summed E-state index contributed by atoms with van der Waals surface area (Å²) in [5, 5.41) is 11.1. The number of carbonyl (C=O) groups excluding carboxylic acids is 1. The summed E-state index contributed by atoms with van der Waals surface area (Å²) in [6.45, 7) is 9.91. The van der Waals surface area contributed by atoms with Gasteiger partial charge in [-0.2, -0.15) is 0 Å². The molecule has 0 spiro atoms. The van der Waals surface area contributed by atoms with Crippen LogP contribution >= 0.6 is 0 Å². The van der Waals surface area contributed by atoms with E-state index in [4.69, 9.17) is 0 Å². The van der Waals surface area contributed by atoms with Gasteiger partial charge in [0.2, 0.25) is 0 Å². The number of nitrogens with zero attached hydrogens (tertiary/aromatic N) is 3. The molecule has 2 rings (SSSR count). The zero-order valence-corrected chi connectivity index (χ0v) is 13.3. The largest absolute Gasteiger partial charge is 0.346 e. The Bertz CT molecular complexity index is 641. The fourth-order valence-electron chi connectivity index (χ4n) is 1.93. The fourth-order valence-corrected chi connectivity index (χ4v) is 1.93. The highest BCUT2D eigenvalue weighted by atomic mass is 16.2. The molecule has 0 aliphatic rings. The molecule has 1 heterocycles. The predicted octanol–water partition coefficient (Wildman–Crippen LogP) is 2.80. The minimum Gasteiger partial charge on any atom is -0.346 e. The molecule has 0 aliphatic heterocycles. The smallest absolute Gasteiger partial charge is 0.274 e. The van der Waals surface area contributed by atoms with Crippen molar-refractivity contribution in [3.05, 3.63) is 41.2 Å². The molecule has 0 radical (unpaired) electrons. The van der Waals surface area contributed by atoms with Crippen LogP contribution < -0.4 is 5.32 Å². The van der Waals surface area contributed by atoms with E-state index >= 15 is 0 Å². The van der Waals surface area contributed by atoms with E-state index in [9.17, 15) is 4.79 Å². The number of carbonyl (C=O) groups is 1. The maximum absolute atomic E-state index is 12.3. The summed E-state index contributed by atoms with van der Waals surface area (Å²) >= 11 is 0. The van der Waals surface area contributed by atoms with Gasteiger partial charge < -0.3 is 5.32 Å². The van der Waals surface area contributed by atoms with Crippen molar-refractivity contribution < 1.29 is 4.79 Å². The lowest BCUT2D eigenvalue weighted by atomic mass is 10.0. The zero-order valence-electron chi connectivity index (χ0n) is 13.3. The minimum atomic E-state index is -0.253. The van der Waals surface area contributed by atoms with Crippen molar-refractivity contribution in [3.63, 3.8) is 0 Å². The quantitative estimate of drug-likeness (QED) is 0.940. The number of aryl methyl sites for hydroxylation is 1. The molecule has 0 saturated carbocycles. The average molecular weight is 286 g/mol. The minimum absolute atomic E-state index is 0.183. The topological polar surface area (TPSA) is 59.8 Å². The molecule has 0 unspecified atom stereocenters. The predicted molar refractivity (Wildman–Crippen MR) is 82.7 cm³/mol. The van der Waals surface area contributed by atoms with Gasteiger partial charge in [0.25, 0.3) is 5.91 Å². The van der Waals surface area contributed by atoms with Crippen molar-refractivity contribution >= 4 is 5.91 Å². The first-order valence-electron chi connectivity index (χ1n) is 7.16. The highest BCUT2D eigenvalue weighted by Gasteiger charge is 2.23. The molecule has 5 heteroatoms. The number of amides is 1. The summed E-state index contributed by atoms with van der Waals surface area (Å²) in [5.41, 5.74) is 2.94. The van der Waals surface area contributed by atoms with E-state index in [1.165, 1.54) is 5.56 Å². The lowest BCUT2D eigenvalue weighted by Gasteiger charge is -2.23. The van der Waals surface area contributed by atoms with Gasteiger partial charge in [-0.1, -0.05) is 29.8 Å². The third kappa shape index (κ3) is 3.29. The maximum Gasteiger partial charge on any atom is 0.274 e. The summed E-state index contributed by atoms with van der Waals surface area (Å²) in [6, 6.07) is 7.95. The highest BCUT2D eigenvalue weighted by Crippen LogP contribution is 2.14. The summed E-state index contributed by atoms with van der Waals surface area (Å²) in [4.78, 5) is 12.3. The van der Waals surface area contributed by atoms with Gasteiger partial charge in [0, 0.05) is 5.54 Å². The van der Waals surface area contributed by atoms with Gasteiger partial charge in [0.15, 0.2) is 5.69 Å². The van der Waals surface area contributed by atoms with Crippen molar-refractivity contribution in [1.82, 2.24) is 20.3 Å². The van der Waals surface area contributed by atoms with Crippen LogP contribution in [0.1, 0.15) is 48.9 Å². The van der Waals surface area contributed by atoms with Crippen LogP contribution in [-0.4, -0.2) is 26.4 Å². The van der Waals surface area contributed by atoms with Gasteiger partial charge >= 0.3 is 0 Å². The molecular formula is C16H22N4O. The molecule has 1 amide bonds. The highest BCUT2D eigenvalue weighted by molar-refractivity contribution is 5.93. The number of benzene rings is 1. The lowest BCUT2D eigenvalue weighted by molar-refractivity contribution is 0.0905. The van der Waals surface area contributed by atoms with Gasteiger partial charge in [0.05, 0.1) is 11.4 Å². The first-order chi connectivity index (χ1) is 9.84. The van der Waals surface area contributed by atoms with E-state index in [0.29, 0.717) is 5.69 Å². The van der Waals surface area contributed by atoms with Gasteiger partial charge in [-0.3, -0.25) is 4.79 Å². The number of aromatic nitrogens is 3. The number of rotatable bonds is 4. The molecular weight excluding hydrogens is 264 g/mol. The Morgan fingerprint density at radius 1 is 1.24 bits per heavy atom. The van der Waals surface area contributed by atoms with Crippen LogP contribution in [-0.2, 0) is 0 Å². The summed E-state index contributed by atoms with van der Waals surface area (Å²) in [5.74, 6) is -0.183. The molecule has 1 N–H and O–H groups in total. The molecule has 1 aromatic heterocycles. The summed E-state index contributed by atoms with van der Waals surface area (Å²) in [7, 11) is 0. The standard InChI is InChI=1S/C16H22N4O/c1-6-16(4,5)17-15(21)14-12(3)20(19-18-14)13-9-7-11(2)8-10-13/h7-10H,6H2,1-5H3,(H,17,21). The Labute approximate surface area is 125 Å². The van der Waals surface area contributed by atoms with Crippen molar-refractivity contribution in [2.75, 3.05) is 0 Å². The van der Waals surface area contributed by atoms with Gasteiger partial charge in [-0.05, 0) is 46.2 Å². The lowest BCUT2D eigenvalue weighted by Crippen LogP contribution is -2.43. The Morgan fingerprint density at radius 2 is 1.86 bits per heavy atom. The Kier molecular flexibility index (Phi) is 4.11. The van der Waals surface area contributed by atoms with Crippen molar-refractivity contribution in [1.29, 1.82) is 0 Å². The molecule has 21 heavy (non-hydrogen) atoms. The van der Waals surface area contributed by atoms with Crippen LogP contribution in [0.5, 0.6) is 0 Å². The second-order valence-corrected chi connectivity index (χ2v) is 5.96. The first kappa shape index (κ1) is 15.2. The second-order valence-electron chi connectivity index (χ2n) is 5.96. The Hall–Kier alpha value is -2.17. The third-order valence-electron chi connectivity index (χ3n) is 3.72. The van der Waals surface area contributed by atoms with Crippen molar-refractivity contribution in [3.8, 4) is 5.69 Å². The van der Waals surface area contributed by atoms with E-state index in [1.54, 1.807) is 4.68 Å². The van der Waals surface area contributed by atoms with Gasteiger partial charge in [-0.25, -0.2) is 4.68 Å².